The van der Waals surface area contributed by atoms with Crippen molar-refractivity contribution >= 4 is 23.0 Å². The highest BCUT2D eigenvalue weighted by Crippen LogP contribution is 2.34. The number of ether oxygens (including phenoxy) is 2. The number of benzene rings is 2. The molecular weight excluding hydrogens is 338 g/mol. The van der Waals surface area contributed by atoms with Crippen LogP contribution in [0.15, 0.2) is 36.4 Å². The molecule has 0 radical (unpaired) electrons. The number of nitrogens with zero attached hydrogens (tertiary/aromatic N) is 1. The Labute approximate surface area is 150 Å². The smallest absolute Gasteiger partial charge is 0.311 e. The van der Waals surface area contributed by atoms with E-state index in [0.717, 1.165) is 5.56 Å². The van der Waals surface area contributed by atoms with Gasteiger partial charge in [0.15, 0.2) is 12.4 Å². The topological polar surface area (TPSA) is 103 Å². The Morgan fingerprint density at radius 1 is 1.35 bits per heavy atom. The molecule has 0 saturated carbocycles. The number of nitro benzene ring substituents is 1. The van der Waals surface area contributed by atoms with Crippen LogP contribution in [0.4, 0.5) is 17.1 Å². The van der Waals surface area contributed by atoms with E-state index in [1.165, 1.54) is 6.07 Å². The number of anilines is 2. The Balaban J connectivity index is 1.80. The van der Waals surface area contributed by atoms with Gasteiger partial charge in [0.1, 0.15) is 5.75 Å². The standard InChI is InChI=1S/C18H19N3O5/c1-3-25-17-9-13(5-6-15(17)21(23)24)19-11(2)12-4-7-16-14(8-12)20-18(22)10-26-16/h4-9,11,19H,3,10H2,1-2H3,(H,20,22). The zero-order valence-electron chi connectivity index (χ0n) is 14.4. The van der Waals surface area contributed by atoms with Crippen LogP contribution in [0.3, 0.4) is 0 Å². The number of hydrogen-bond acceptors (Lipinski definition) is 6. The summed E-state index contributed by atoms with van der Waals surface area (Å²) in [5, 5.41) is 17.1. The molecule has 1 aliphatic heterocycles. The molecule has 3 rings (SSSR count). The van der Waals surface area contributed by atoms with Crippen molar-refractivity contribution in [1.29, 1.82) is 0 Å². The highest BCUT2D eigenvalue weighted by molar-refractivity contribution is 5.95. The molecule has 2 aromatic rings. The Bertz CT molecular complexity index is 853. The number of amides is 1. The van der Waals surface area contributed by atoms with Crippen LogP contribution in [0.2, 0.25) is 0 Å². The summed E-state index contributed by atoms with van der Waals surface area (Å²) in [6.07, 6.45) is 0. The molecule has 0 fully saturated rings. The molecule has 1 amide bonds. The molecule has 2 aromatic carbocycles. The Morgan fingerprint density at radius 3 is 2.88 bits per heavy atom. The van der Waals surface area contributed by atoms with Gasteiger partial charge < -0.3 is 20.1 Å². The molecule has 1 unspecified atom stereocenters. The highest BCUT2D eigenvalue weighted by atomic mass is 16.6. The third kappa shape index (κ3) is 3.69. The lowest BCUT2D eigenvalue weighted by atomic mass is 10.1. The quantitative estimate of drug-likeness (QED) is 0.606. The third-order valence-electron chi connectivity index (χ3n) is 3.98. The molecule has 1 atom stereocenters. The SMILES string of the molecule is CCOc1cc(NC(C)c2ccc3c(c2)NC(=O)CO3)ccc1[N+](=O)[O-]. The van der Waals surface area contributed by atoms with Crippen molar-refractivity contribution in [1.82, 2.24) is 0 Å². The maximum atomic E-state index is 11.5. The number of nitro groups is 1. The van der Waals surface area contributed by atoms with Gasteiger partial charge in [-0.15, -0.1) is 0 Å². The minimum absolute atomic E-state index is 0.0170. The normalized spacial score (nSPS) is 13.8. The van der Waals surface area contributed by atoms with Crippen LogP contribution in [0.1, 0.15) is 25.5 Å². The van der Waals surface area contributed by atoms with E-state index in [1.54, 1.807) is 19.1 Å². The fraction of sp³-hybridized carbons (Fsp3) is 0.278. The summed E-state index contributed by atoms with van der Waals surface area (Å²) in [5.41, 5.74) is 2.19. The fourth-order valence-electron chi connectivity index (χ4n) is 2.73. The Kier molecular flexibility index (Phi) is 4.92. The second-order valence-corrected chi connectivity index (χ2v) is 5.83. The van der Waals surface area contributed by atoms with Crippen LogP contribution < -0.4 is 20.1 Å². The lowest BCUT2D eigenvalue weighted by molar-refractivity contribution is -0.385. The van der Waals surface area contributed by atoms with Crippen molar-refractivity contribution in [2.75, 3.05) is 23.8 Å². The lowest BCUT2D eigenvalue weighted by Crippen LogP contribution is -2.25. The first-order valence-electron chi connectivity index (χ1n) is 8.22. The maximum Gasteiger partial charge on any atom is 0.311 e. The molecule has 0 aromatic heterocycles. The van der Waals surface area contributed by atoms with E-state index >= 15 is 0 Å². The van der Waals surface area contributed by atoms with Crippen molar-refractivity contribution in [3.05, 3.63) is 52.1 Å². The van der Waals surface area contributed by atoms with E-state index in [-0.39, 0.29) is 30.0 Å². The molecule has 26 heavy (non-hydrogen) atoms. The number of fused-ring (bicyclic) bond motifs is 1. The first-order valence-corrected chi connectivity index (χ1v) is 8.22. The van der Waals surface area contributed by atoms with Gasteiger partial charge in [0.25, 0.3) is 5.91 Å². The van der Waals surface area contributed by atoms with Gasteiger partial charge in [-0.25, -0.2) is 0 Å². The van der Waals surface area contributed by atoms with Gasteiger partial charge in [-0.05, 0) is 37.6 Å². The van der Waals surface area contributed by atoms with Crippen molar-refractivity contribution in [3.8, 4) is 11.5 Å². The molecule has 8 heteroatoms. The number of rotatable bonds is 6. The van der Waals surface area contributed by atoms with E-state index in [4.69, 9.17) is 9.47 Å². The predicted octanol–water partition coefficient (Wildman–Crippen LogP) is 3.50. The van der Waals surface area contributed by atoms with Crippen molar-refractivity contribution in [3.63, 3.8) is 0 Å². The van der Waals surface area contributed by atoms with Crippen molar-refractivity contribution < 1.29 is 19.2 Å². The fourth-order valence-corrected chi connectivity index (χ4v) is 2.73. The molecule has 0 saturated heterocycles. The third-order valence-corrected chi connectivity index (χ3v) is 3.98. The van der Waals surface area contributed by atoms with Gasteiger partial charge in [0, 0.05) is 23.9 Å². The van der Waals surface area contributed by atoms with Gasteiger partial charge in [-0.1, -0.05) is 6.07 Å². The summed E-state index contributed by atoms with van der Waals surface area (Å²) in [5.74, 6) is 0.669. The number of carbonyl (C=O) groups is 1. The summed E-state index contributed by atoms with van der Waals surface area (Å²) in [4.78, 5) is 22.1. The average molecular weight is 357 g/mol. The minimum atomic E-state index is -0.468. The minimum Gasteiger partial charge on any atom is -0.487 e. The van der Waals surface area contributed by atoms with Crippen molar-refractivity contribution in [2.24, 2.45) is 0 Å². The number of carbonyl (C=O) groups excluding carboxylic acids is 1. The monoisotopic (exact) mass is 357 g/mol. The molecule has 1 aliphatic rings. The van der Waals surface area contributed by atoms with Gasteiger partial charge in [0.05, 0.1) is 17.2 Å². The summed E-state index contributed by atoms with van der Waals surface area (Å²) in [6.45, 7) is 4.08. The van der Waals surface area contributed by atoms with E-state index in [9.17, 15) is 14.9 Å². The largest absolute Gasteiger partial charge is 0.487 e. The number of nitrogens with one attached hydrogen (secondary N) is 2. The van der Waals surface area contributed by atoms with Gasteiger partial charge in [-0.3, -0.25) is 14.9 Å². The van der Waals surface area contributed by atoms with Crippen LogP contribution in [0, 0.1) is 10.1 Å². The molecule has 0 spiro atoms. The maximum absolute atomic E-state index is 11.5. The Morgan fingerprint density at radius 2 is 2.15 bits per heavy atom. The summed E-state index contributed by atoms with van der Waals surface area (Å²) >= 11 is 0. The lowest BCUT2D eigenvalue weighted by Gasteiger charge is -2.21. The van der Waals surface area contributed by atoms with Crippen LogP contribution >= 0.6 is 0 Å². The number of hydrogen-bond donors (Lipinski definition) is 2. The highest BCUT2D eigenvalue weighted by Gasteiger charge is 2.19. The van der Waals surface area contributed by atoms with E-state index in [0.29, 0.717) is 23.7 Å². The first kappa shape index (κ1) is 17.5. The second-order valence-electron chi connectivity index (χ2n) is 5.83. The first-order chi connectivity index (χ1) is 12.5. The van der Waals surface area contributed by atoms with Gasteiger partial charge >= 0.3 is 5.69 Å². The van der Waals surface area contributed by atoms with E-state index < -0.39 is 4.92 Å². The second kappa shape index (κ2) is 7.30. The molecule has 0 aliphatic carbocycles. The summed E-state index contributed by atoms with van der Waals surface area (Å²) in [6, 6.07) is 10.1. The Hall–Kier alpha value is -3.29. The van der Waals surface area contributed by atoms with Crippen LogP contribution in [-0.2, 0) is 4.79 Å². The molecule has 136 valence electrons. The molecular formula is C18H19N3O5. The van der Waals surface area contributed by atoms with Crippen LogP contribution in [0.25, 0.3) is 0 Å². The zero-order valence-corrected chi connectivity index (χ0v) is 14.4. The molecule has 8 nitrogen and oxygen atoms in total. The van der Waals surface area contributed by atoms with Crippen molar-refractivity contribution in [2.45, 2.75) is 19.9 Å². The zero-order chi connectivity index (χ0) is 18.7. The van der Waals surface area contributed by atoms with Crippen LogP contribution in [0.5, 0.6) is 11.5 Å². The van der Waals surface area contributed by atoms with Gasteiger partial charge in [0.2, 0.25) is 0 Å². The summed E-state index contributed by atoms with van der Waals surface area (Å²) < 4.78 is 10.7. The molecule has 1 heterocycles. The predicted molar refractivity (Wildman–Crippen MR) is 96.9 cm³/mol. The van der Waals surface area contributed by atoms with E-state index in [2.05, 4.69) is 10.6 Å². The molecule has 2 N–H and O–H groups in total. The average Bonchev–Trinajstić information content (AvgIpc) is 2.61. The summed E-state index contributed by atoms with van der Waals surface area (Å²) in [7, 11) is 0. The van der Waals surface area contributed by atoms with Crippen LogP contribution in [-0.4, -0.2) is 24.0 Å². The van der Waals surface area contributed by atoms with Gasteiger partial charge in [-0.2, -0.15) is 0 Å². The molecule has 0 bridgehead atoms. The van der Waals surface area contributed by atoms with E-state index in [1.807, 2.05) is 25.1 Å².